The Kier molecular flexibility index (Phi) is 8.07. The summed E-state index contributed by atoms with van der Waals surface area (Å²) >= 11 is 11.9. The number of carbonyl (C=O) groups excluding carboxylic acids is 1. The number of rotatable bonds is 6. The molecule has 36 heavy (non-hydrogen) atoms. The van der Waals surface area contributed by atoms with Crippen molar-refractivity contribution in [2.45, 2.75) is 6.18 Å². The van der Waals surface area contributed by atoms with Crippen LogP contribution in [-0.2, 0) is 6.18 Å². The van der Waals surface area contributed by atoms with Crippen molar-refractivity contribution >= 4 is 46.7 Å². The number of hydrogen-bond acceptors (Lipinski definition) is 6. The van der Waals surface area contributed by atoms with Crippen molar-refractivity contribution in [2.75, 3.05) is 42.9 Å². The summed E-state index contributed by atoms with van der Waals surface area (Å²) in [7, 11) is 0. The minimum absolute atomic E-state index is 0.0665. The lowest BCUT2D eigenvalue weighted by Crippen LogP contribution is -2.47. The van der Waals surface area contributed by atoms with Gasteiger partial charge in [-0.1, -0.05) is 35.9 Å². The van der Waals surface area contributed by atoms with Crippen LogP contribution >= 0.6 is 23.2 Å². The molecule has 188 valence electrons. The molecule has 1 saturated heterocycles. The molecule has 1 N–H and O–H groups in total. The highest BCUT2D eigenvalue weighted by Crippen LogP contribution is 2.29. The number of hydrogen-bond donors (Lipinski definition) is 1. The third-order valence-corrected chi connectivity index (χ3v) is 5.95. The van der Waals surface area contributed by atoms with E-state index in [4.69, 9.17) is 23.2 Å². The largest absolute Gasteiger partial charge is 0.416 e. The number of anilines is 2. The van der Waals surface area contributed by atoms with Crippen LogP contribution in [0.4, 0.5) is 24.7 Å². The zero-order valence-corrected chi connectivity index (χ0v) is 20.4. The highest BCUT2D eigenvalue weighted by molar-refractivity contribution is 6.30. The lowest BCUT2D eigenvalue weighted by atomic mass is 10.1. The summed E-state index contributed by atoms with van der Waals surface area (Å²) in [6.45, 7) is 3.33. The highest BCUT2D eigenvalue weighted by atomic mass is 35.5. The van der Waals surface area contributed by atoms with Crippen LogP contribution < -0.4 is 10.2 Å². The molecule has 3 aromatic rings. The van der Waals surface area contributed by atoms with Crippen LogP contribution in [0.25, 0.3) is 6.08 Å². The van der Waals surface area contributed by atoms with E-state index in [1.807, 2.05) is 11.0 Å². The molecule has 2 aromatic heterocycles. The summed E-state index contributed by atoms with van der Waals surface area (Å²) in [4.78, 5) is 29.1. The smallest absolute Gasteiger partial charge is 0.352 e. The van der Waals surface area contributed by atoms with Gasteiger partial charge in [-0.3, -0.25) is 9.69 Å². The summed E-state index contributed by atoms with van der Waals surface area (Å²) in [5.74, 6) is 0.141. The van der Waals surface area contributed by atoms with Crippen molar-refractivity contribution in [3.63, 3.8) is 0 Å². The second kappa shape index (κ2) is 11.2. The summed E-state index contributed by atoms with van der Waals surface area (Å²) < 4.78 is 38.1. The Balaban J connectivity index is 1.35. The normalized spacial score (nSPS) is 14.9. The van der Waals surface area contributed by atoms with Crippen molar-refractivity contribution in [1.82, 2.24) is 19.9 Å². The van der Waals surface area contributed by atoms with E-state index >= 15 is 0 Å². The highest BCUT2D eigenvalue weighted by Gasteiger charge is 2.29. The van der Waals surface area contributed by atoms with E-state index in [1.54, 1.807) is 12.1 Å². The Morgan fingerprint density at radius 2 is 1.78 bits per heavy atom. The molecule has 3 heterocycles. The first-order chi connectivity index (χ1) is 17.2. The number of nitrogens with one attached hydrogen (secondary N) is 1. The van der Waals surface area contributed by atoms with Gasteiger partial charge in [-0.05, 0) is 41.4 Å². The maximum Gasteiger partial charge on any atom is 0.416 e. The van der Waals surface area contributed by atoms with Crippen LogP contribution in [0.2, 0.25) is 10.4 Å². The van der Waals surface area contributed by atoms with Crippen LogP contribution in [-0.4, -0.2) is 58.5 Å². The molecule has 0 radical (unpaired) electrons. The van der Waals surface area contributed by atoms with Gasteiger partial charge in [0.1, 0.15) is 10.8 Å². The first-order valence-electron chi connectivity index (χ1n) is 11.0. The SMILES string of the molecule is O=C(Nc1cnc(Cl)nc1N1CCN(CC=Cc2ccc(C(F)(F)F)cc2)CC1)c1ccnc(Cl)c1. The van der Waals surface area contributed by atoms with Crippen LogP contribution in [0.3, 0.4) is 0 Å². The zero-order chi connectivity index (χ0) is 25.7. The summed E-state index contributed by atoms with van der Waals surface area (Å²) in [6, 6.07) is 8.06. The van der Waals surface area contributed by atoms with E-state index in [9.17, 15) is 18.0 Å². The molecule has 1 fully saturated rings. The molecule has 0 aliphatic carbocycles. The molecule has 1 aromatic carbocycles. The van der Waals surface area contributed by atoms with Crippen LogP contribution in [0.1, 0.15) is 21.5 Å². The van der Waals surface area contributed by atoms with Crippen molar-refractivity contribution in [1.29, 1.82) is 0 Å². The first-order valence-corrected chi connectivity index (χ1v) is 11.7. The van der Waals surface area contributed by atoms with Gasteiger partial charge < -0.3 is 10.2 Å². The third-order valence-electron chi connectivity index (χ3n) is 5.56. The van der Waals surface area contributed by atoms with Crippen LogP contribution in [0, 0.1) is 0 Å². The van der Waals surface area contributed by atoms with Gasteiger partial charge in [0, 0.05) is 44.5 Å². The maximum atomic E-state index is 12.7. The second-order valence-electron chi connectivity index (χ2n) is 8.01. The van der Waals surface area contributed by atoms with E-state index in [1.165, 1.54) is 30.6 Å². The molecule has 0 unspecified atom stereocenters. The molecule has 1 amide bonds. The number of carbonyl (C=O) groups is 1. The summed E-state index contributed by atoms with van der Waals surface area (Å²) in [6.07, 6.45) is 2.29. The standard InChI is InChI=1S/C24H21Cl2F3N6O/c25-20-14-17(7-8-30-20)22(36)32-19-15-31-23(26)33-21(19)35-12-10-34(11-13-35)9-1-2-16-3-5-18(6-4-16)24(27,28)29/h1-8,14-15H,9-13H2,(H,32,36). The molecule has 0 saturated carbocycles. The van der Waals surface area contributed by atoms with Crippen molar-refractivity contribution in [3.8, 4) is 0 Å². The maximum absolute atomic E-state index is 12.7. The van der Waals surface area contributed by atoms with Crippen LogP contribution in [0.5, 0.6) is 0 Å². The summed E-state index contributed by atoms with van der Waals surface area (Å²) in [5, 5.41) is 3.08. The minimum atomic E-state index is -4.34. The van der Waals surface area contributed by atoms with E-state index in [0.717, 1.165) is 12.1 Å². The lowest BCUT2D eigenvalue weighted by molar-refractivity contribution is -0.137. The number of alkyl halides is 3. The fraction of sp³-hybridized carbons (Fsp3) is 0.250. The van der Waals surface area contributed by atoms with Gasteiger partial charge in [0.05, 0.1) is 11.8 Å². The Labute approximate surface area is 215 Å². The average Bonchev–Trinajstić information content (AvgIpc) is 2.85. The fourth-order valence-electron chi connectivity index (χ4n) is 3.68. The predicted molar refractivity (Wildman–Crippen MR) is 133 cm³/mol. The quantitative estimate of drug-likeness (QED) is 0.341. The molecule has 1 aliphatic rings. The minimum Gasteiger partial charge on any atom is -0.352 e. The molecular weight excluding hydrogens is 516 g/mol. The third kappa shape index (κ3) is 6.71. The van der Waals surface area contributed by atoms with Gasteiger partial charge in [-0.25, -0.2) is 9.97 Å². The molecule has 1 aliphatic heterocycles. The molecule has 7 nitrogen and oxygen atoms in total. The van der Waals surface area contributed by atoms with Gasteiger partial charge >= 0.3 is 6.18 Å². The molecular formula is C24H21Cl2F3N6O. The average molecular weight is 537 g/mol. The number of halogens is 5. The fourth-order valence-corrected chi connectivity index (χ4v) is 3.99. The van der Waals surface area contributed by atoms with Gasteiger partial charge in [0.25, 0.3) is 5.91 Å². The molecule has 0 spiro atoms. The number of benzene rings is 1. The van der Waals surface area contributed by atoms with Gasteiger partial charge in [0.15, 0.2) is 5.82 Å². The van der Waals surface area contributed by atoms with E-state index < -0.39 is 11.7 Å². The number of pyridine rings is 1. The van der Waals surface area contributed by atoms with Gasteiger partial charge in [-0.2, -0.15) is 18.2 Å². The molecule has 12 heteroatoms. The van der Waals surface area contributed by atoms with E-state index in [-0.39, 0.29) is 16.3 Å². The lowest BCUT2D eigenvalue weighted by Gasteiger charge is -2.35. The molecule has 4 rings (SSSR count). The van der Waals surface area contributed by atoms with Gasteiger partial charge in [0.2, 0.25) is 5.28 Å². The van der Waals surface area contributed by atoms with Gasteiger partial charge in [-0.15, -0.1) is 0 Å². The van der Waals surface area contributed by atoms with Crippen LogP contribution in [0.15, 0.2) is 54.9 Å². The molecule has 0 atom stereocenters. The Hall–Kier alpha value is -3.21. The first kappa shape index (κ1) is 25.9. The van der Waals surface area contributed by atoms with Crippen molar-refractivity contribution in [2.24, 2.45) is 0 Å². The Bertz CT molecular complexity index is 1250. The van der Waals surface area contributed by atoms with Crippen molar-refractivity contribution < 1.29 is 18.0 Å². The Morgan fingerprint density at radius 3 is 2.44 bits per heavy atom. The van der Waals surface area contributed by atoms with Crippen molar-refractivity contribution in [3.05, 3.63) is 82.0 Å². The Morgan fingerprint density at radius 1 is 1.06 bits per heavy atom. The molecule has 0 bridgehead atoms. The number of amides is 1. The van der Waals surface area contributed by atoms with E-state index in [2.05, 4.69) is 25.2 Å². The van der Waals surface area contributed by atoms with E-state index in [0.29, 0.717) is 55.4 Å². The second-order valence-corrected chi connectivity index (χ2v) is 8.73. The topological polar surface area (TPSA) is 74.2 Å². The predicted octanol–water partition coefficient (Wildman–Crippen LogP) is 5.28. The monoisotopic (exact) mass is 536 g/mol. The zero-order valence-electron chi connectivity index (χ0n) is 18.8. The summed E-state index contributed by atoms with van der Waals surface area (Å²) in [5.41, 5.74) is 0.808. The number of nitrogens with zero attached hydrogens (tertiary/aromatic N) is 5. The number of piperazine rings is 1. The number of aromatic nitrogens is 3.